The molecule has 1 amide bonds. The quantitative estimate of drug-likeness (QED) is 0.837. The average molecular weight is 336 g/mol. The Balaban J connectivity index is 0. The van der Waals surface area contributed by atoms with Gasteiger partial charge in [-0.3, -0.25) is 9.69 Å². The third-order valence-corrected chi connectivity index (χ3v) is 3.17. The Labute approximate surface area is 140 Å². The van der Waals surface area contributed by atoms with Gasteiger partial charge in [-0.25, -0.2) is 0 Å². The number of likely N-dealkylation sites (N-methyl/N-ethyl adjacent to an activating group) is 1. The summed E-state index contributed by atoms with van der Waals surface area (Å²) >= 11 is 0. The second kappa shape index (κ2) is 10.0. The Morgan fingerprint density at radius 2 is 1.81 bits per heavy atom. The molecule has 0 heterocycles. The van der Waals surface area contributed by atoms with Gasteiger partial charge in [0.25, 0.3) is 0 Å². The molecule has 0 aliphatic rings. The molecule has 4 nitrogen and oxygen atoms in total. The van der Waals surface area contributed by atoms with Crippen molar-refractivity contribution < 1.29 is 4.79 Å². The highest BCUT2D eigenvalue weighted by atomic mass is 35.5. The van der Waals surface area contributed by atoms with Gasteiger partial charge in [-0.15, -0.1) is 24.8 Å². The molecule has 0 aromatic heterocycles. The van der Waals surface area contributed by atoms with E-state index < -0.39 is 5.54 Å². The van der Waals surface area contributed by atoms with E-state index in [0.717, 1.165) is 6.54 Å². The first-order valence-electron chi connectivity index (χ1n) is 6.62. The molecule has 3 N–H and O–H groups in total. The summed E-state index contributed by atoms with van der Waals surface area (Å²) in [6.45, 7) is 6.97. The lowest BCUT2D eigenvalue weighted by Gasteiger charge is -2.26. The highest BCUT2D eigenvalue weighted by Gasteiger charge is 2.22. The van der Waals surface area contributed by atoms with E-state index in [1.165, 1.54) is 5.56 Å². The molecule has 21 heavy (non-hydrogen) atoms. The van der Waals surface area contributed by atoms with Crippen molar-refractivity contribution in [3.05, 3.63) is 35.9 Å². The van der Waals surface area contributed by atoms with Crippen molar-refractivity contribution in [2.24, 2.45) is 5.73 Å². The van der Waals surface area contributed by atoms with Crippen molar-refractivity contribution >= 4 is 30.7 Å². The van der Waals surface area contributed by atoms with E-state index in [1.807, 2.05) is 18.2 Å². The minimum Gasteiger partial charge on any atom is -0.353 e. The van der Waals surface area contributed by atoms with Crippen molar-refractivity contribution in [2.75, 3.05) is 13.6 Å². The number of nitrogens with two attached hydrogens (primary N) is 1. The lowest BCUT2D eigenvalue weighted by Crippen LogP contribution is -2.51. The maximum Gasteiger partial charge on any atom is 0.239 e. The molecule has 0 saturated heterocycles. The summed E-state index contributed by atoms with van der Waals surface area (Å²) < 4.78 is 0. The van der Waals surface area contributed by atoms with Gasteiger partial charge in [0.1, 0.15) is 0 Å². The Hall–Kier alpha value is -0.810. The van der Waals surface area contributed by atoms with Crippen LogP contribution >= 0.6 is 24.8 Å². The van der Waals surface area contributed by atoms with Gasteiger partial charge in [0.2, 0.25) is 5.91 Å². The fourth-order valence-electron chi connectivity index (χ4n) is 1.65. The van der Waals surface area contributed by atoms with Crippen molar-refractivity contribution in [2.45, 2.75) is 38.9 Å². The zero-order valence-electron chi connectivity index (χ0n) is 13.1. The SMILES string of the molecule is CC(CNC(=O)C(C)(C)N)N(C)Cc1ccccc1.Cl.Cl. The highest BCUT2D eigenvalue weighted by molar-refractivity contribution is 5.85. The summed E-state index contributed by atoms with van der Waals surface area (Å²) in [7, 11) is 2.05. The minimum absolute atomic E-state index is 0. The topological polar surface area (TPSA) is 58.4 Å². The van der Waals surface area contributed by atoms with E-state index in [1.54, 1.807) is 13.8 Å². The van der Waals surface area contributed by atoms with Crippen molar-refractivity contribution in [3.63, 3.8) is 0 Å². The minimum atomic E-state index is -0.822. The second-order valence-electron chi connectivity index (χ2n) is 5.68. The van der Waals surface area contributed by atoms with Crippen LogP contribution in [-0.4, -0.2) is 36.0 Å². The maximum atomic E-state index is 11.7. The lowest BCUT2D eigenvalue weighted by atomic mass is 10.1. The van der Waals surface area contributed by atoms with Crippen LogP contribution in [0.2, 0.25) is 0 Å². The summed E-state index contributed by atoms with van der Waals surface area (Å²) in [5.74, 6) is -0.118. The first-order valence-corrected chi connectivity index (χ1v) is 6.62. The van der Waals surface area contributed by atoms with Gasteiger partial charge < -0.3 is 11.1 Å². The molecule has 0 fully saturated rings. The number of amides is 1. The number of rotatable bonds is 6. The zero-order valence-corrected chi connectivity index (χ0v) is 14.8. The molecule has 0 radical (unpaired) electrons. The van der Waals surface area contributed by atoms with E-state index in [0.29, 0.717) is 6.54 Å². The van der Waals surface area contributed by atoms with Gasteiger partial charge in [-0.05, 0) is 33.4 Å². The van der Waals surface area contributed by atoms with Crippen LogP contribution in [-0.2, 0) is 11.3 Å². The Kier molecular flexibility index (Phi) is 10.7. The number of hydrogen-bond acceptors (Lipinski definition) is 3. The summed E-state index contributed by atoms with van der Waals surface area (Å²) in [5, 5.41) is 2.88. The normalized spacial score (nSPS) is 12.1. The predicted octanol–water partition coefficient (Wildman–Crippen LogP) is 2.20. The van der Waals surface area contributed by atoms with Gasteiger partial charge in [0.15, 0.2) is 0 Å². The highest BCUT2D eigenvalue weighted by Crippen LogP contribution is 2.05. The molecule has 0 aliphatic heterocycles. The van der Waals surface area contributed by atoms with Crippen LogP contribution in [0.25, 0.3) is 0 Å². The molecule has 0 spiro atoms. The zero-order chi connectivity index (χ0) is 14.5. The van der Waals surface area contributed by atoms with Gasteiger partial charge in [0, 0.05) is 19.1 Å². The molecule has 0 bridgehead atoms. The summed E-state index contributed by atoms with van der Waals surface area (Å²) in [4.78, 5) is 13.9. The predicted molar refractivity (Wildman–Crippen MR) is 93.1 cm³/mol. The number of nitrogens with zero attached hydrogens (tertiary/aromatic N) is 1. The standard InChI is InChI=1S/C15H25N3O.2ClH/c1-12(10-17-14(19)15(2,3)16)18(4)11-13-8-6-5-7-9-13;;/h5-9,12H,10-11,16H2,1-4H3,(H,17,19);2*1H. The summed E-state index contributed by atoms with van der Waals surface area (Å²) in [5.41, 5.74) is 6.18. The fourth-order valence-corrected chi connectivity index (χ4v) is 1.65. The number of hydrogen-bond donors (Lipinski definition) is 2. The molecule has 6 heteroatoms. The Morgan fingerprint density at radius 3 is 2.29 bits per heavy atom. The summed E-state index contributed by atoms with van der Waals surface area (Å²) in [6, 6.07) is 10.5. The van der Waals surface area contributed by atoms with Crippen molar-refractivity contribution in [1.29, 1.82) is 0 Å². The van der Waals surface area contributed by atoms with E-state index in [2.05, 4.69) is 36.3 Å². The number of nitrogens with one attached hydrogen (secondary N) is 1. The third-order valence-electron chi connectivity index (χ3n) is 3.17. The average Bonchev–Trinajstić information content (AvgIpc) is 2.35. The smallest absolute Gasteiger partial charge is 0.239 e. The molecule has 0 saturated carbocycles. The Morgan fingerprint density at radius 1 is 1.29 bits per heavy atom. The van der Waals surface area contributed by atoms with Crippen LogP contribution in [0.4, 0.5) is 0 Å². The van der Waals surface area contributed by atoms with Crippen LogP contribution in [0.3, 0.4) is 0 Å². The molecular weight excluding hydrogens is 309 g/mol. The van der Waals surface area contributed by atoms with Gasteiger partial charge >= 0.3 is 0 Å². The van der Waals surface area contributed by atoms with E-state index >= 15 is 0 Å². The van der Waals surface area contributed by atoms with E-state index in [4.69, 9.17) is 5.73 Å². The van der Waals surface area contributed by atoms with Crippen molar-refractivity contribution in [1.82, 2.24) is 10.2 Å². The second-order valence-corrected chi connectivity index (χ2v) is 5.68. The number of benzene rings is 1. The number of carbonyl (C=O) groups is 1. The maximum absolute atomic E-state index is 11.7. The fraction of sp³-hybridized carbons (Fsp3) is 0.533. The molecule has 1 unspecified atom stereocenters. The van der Waals surface area contributed by atoms with Gasteiger partial charge in [0.05, 0.1) is 5.54 Å². The third kappa shape index (κ3) is 8.27. The molecule has 1 atom stereocenters. The van der Waals surface area contributed by atoms with Gasteiger partial charge in [-0.2, -0.15) is 0 Å². The Bertz CT molecular complexity index is 407. The van der Waals surface area contributed by atoms with Crippen LogP contribution in [0.5, 0.6) is 0 Å². The molecule has 1 aromatic rings. The van der Waals surface area contributed by atoms with Crippen molar-refractivity contribution in [3.8, 4) is 0 Å². The van der Waals surface area contributed by atoms with E-state index in [-0.39, 0.29) is 36.8 Å². The van der Waals surface area contributed by atoms with Crippen LogP contribution in [0.1, 0.15) is 26.3 Å². The van der Waals surface area contributed by atoms with E-state index in [9.17, 15) is 4.79 Å². The largest absolute Gasteiger partial charge is 0.353 e. The first-order chi connectivity index (χ1) is 8.80. The van der Waals surface area contributed by atoms with Crippen LogP contribution < -0.4 is 11.1 Å². The monoisotopic (exact) mass is 335 g/mol. The van der Waals surface area contributed by atoms with Gasteiger partial charge in [-0.1, -0.05) is 30.3 Å². The molecule has 0 aliphatic carbocycles. The molecule has 122 valence electrons. The molecule has 1 rings (SSSR count). The summed E-state index contributed by atoms with van der Waals surface area (Å²) in [6.07, 6.45) is 0. The van der Waals surface area contributed by atoms with Crippen LogP contribution in [0, 0.1) is 0 Å². The number of carbonyl (C=O) groups excluding carboxylic acids is 1. The lowest BCUT2D eigenvalue weighted by molar-refractivity contribution is -0.125. The molecule has 1 aromatic carbocycles. The molecular formula is C15H27Cl2N3O. The first kappa shape index (κ1) is 22.5. The number of halogens is 2. The van der Waals surface area contributed by atoms with Crippen LogP contribution in [0.15, 0.2) is 30.3 Å².